The molecule has 2 fully saturated rings. The molecule has 3 aliphatic rings. The number of hydrogen-bond acceptors (Lipinski definition) is 4. The predicted molar refractivity (Wildman–Crippen MR) is 127 cm³/mol. The van der Waals surface area contributed by atoms with E-state index in [1.165, 1.54) is 30.0 Å². The van der Waals surface area contributed by atoms with Crippen molar-refractivity contribution in [3.8, 4) is 0 Å². The van der Waals surface area contributed by atoms with Crippen LogP contribution in [0.1, 0.15) is 49.8 Å². The van der Waals surface area contributed by atoms with Crippen LogP contribution in [0.25, 0.3) is 0 Å². The van der Waals surface area contributed by atoms with E-state index >= 15 is 0 Å². The zero-order valence-corrected chi connectivity index (χ0v) is 20.4. The maximum absolute atomic E-state index is 13.5. The average Bonchev–Trinajstić information content (AvgIpc) is 3.44. The first-order valence-electron chi connectivity index (χ1n) is 12.4. The number of para-hydroxylation sites is 1. The summed E-state index contributed by atoms with van der Waals surface area (Å²) < 4.78 is 68.5. The molecule has 5 rings (SSSR count). The zero-order chi connectivity index (χ0) is 24.6. The second kappa shape index (κ2) is 9.74. The topological polar surface area (TPSA) is 72.5 Å². The Bertz CT molecular complexity index is 1100. The zero-order valence-electron chi connectivity index (χ0n) is 19.6. The van der Waals surface area contributed by atoms with E-state index in [0.29, 0.717) is 12.5 Å². The monoisotopic (exact) mass is 511 g/mol. The smallest absolute Gasteiger partial charge is 0.361 e. The fourth-order valence-corrected chi connectivity index (χ4v) is 7.35. The van der Waals surface area contributed by atoms with Crippen molar-refractivity contribution in [2.24, 2.45) is 11.8 Å². The molecule has 2 aliphatic heterocycles. The fourth-order valence-electron chi connectivity index (χ4n) is 5.63. The van der Waals surface area contributed by atoms with E-state index in [1.54, 1.807) is 12.5 Å². The Morgan fingerprint density at radius 1 is 1.03 bits per heavy atom. The molecule has 0 bridgehead atoms. The predicted octanol–water partition coefficient (Wildman–Crippen LogP) is 4.31. The highest BCUT2D eigenvalue weighted by Gasteiger charge is 2.52. The molecule has 3 heterocycles. The maximum Gasteiger partial charge on any atom is 0.394 e. The summed E-state index contributed by atoms with van der Waals surface area (Å²) in [6.45, 7) is -0.0700. The van der Waals surface area contributed by atoms with Crippen LogP contribution in [-0.4, -0.2) is 58.8 Å². The molecule has 1 saturated carbocycles. The lowest BCUT2D eigenvalue weighted by Crippen LogP contribution is -2.59. The Kier molecular flexibility index (Phi) is 6.84. The Balaban J connectivity index is 1.43. The van der Waals surface area contributed by atoms with Crippen LogP contribution in [0.15, 0.2) is 36.8 Å². The molecule has 11 heteroatoms. The molecular weight excluding hydrogens is 479 g/mol. The number of H-pyrrole nitrogens is 1. The second-order valence-corrected chi connectivity index (χ2v) is 12.0. The summed E-state index contributed by atoms with van der Waals surface area (Å²) in [6.07, 6.45) is 5.76. The number of aromatic amines is 1. The number of anilines is 1. The first-order valence-corrected chi connectivity index (χ1v) is 13.7. The Morgan fingerprint density at radius 3 is 2.46 bits per heavy atom. The summed E-state index contributed by atoms with van der Waals surface area (Å²) in [6, 6.07) is 7.64. The highest BCUT2D eigenvalue weighted by molar-refractivity contribution is 7.86. The lowest BCUT2D eigenvalue weighted by Gasteiger charge is -2.42. The SMILES string of the molecule is O=S(=O)(N1CC(C(F)(F)F)C1)N1Cc2ccccc2N(Cc2cnc[nH]2)[C@@H](CCC2CCCC2)C1. The number of hydrogen-bond donors (Lipinski definition) is 1. The molecule has 1 atom stereocenters. The van der Waals surface area contributed by atoms with Gasteiger partial charge in [-0.15, -0.1) is 0 Å². The minimum absolute atomic E-state index is 0.1000. The summed E-state index contributed by atoms with van der Waals surface area (Å²) in [5, 5.41) is 0. The number of benzene rings is 1. The van der Waals surface area contributed by atoms with Crippen LogP contribution in [0.2, 0.25) is 0 Å². The number of nitrogens with zero attached hydrogens (tertiary/aromatic N) is 4. The van der Waals surface area contributed by atoms with Gasteiger partial charge < -0.3 is 9.88 Å². The Hall–Kier alpha value is -2.11. The van der Waals surface area contributed by atoms with Crippen molar-refractivity contribution in [3.63, 3.8) is 0 Å². The van der Waals surface area contributed by atoms with Crippen molar-refractivity contribution < 1.29 is 21.6 Å². The molecule has 1 saturated heterocycles. The normalized spacial score (nSPS) is 23.3. The van der Waals surface area contributed by atoms with Gasteiger partial charge in [0.15, 0.2) is 0 Å². The fraction of sp³-hybridized carbons (Fsp3) is 0.625. The van der Waals surface area contributed by atoms with Gasteiger partial charge in [-0.05, 0) is 30.4 Å². The van der Waals surface area contributed by atoms with Crippen molar-refractivity contribution >= 4 is 15.9 Å². The van der Waals surface area contributed by atoms with Crippen molar-refractivity contribution in [1.82, 2.24) is 18.6 Å². The first kappa shape index (κ1) is 24.6. The molecule has 1 aromatic carbocycles. The summed E-state index contributed by atoms with van der Waals surface area (Å²) in [5.74, 6) is -0.943. The molecule has 192 valence electrons. The lowest BCUT2D eigenvalue weighted by atomic mass is 9.97. The summed E-state index contributed by atoms with van der Waals surface area (Å²) >= 11 is 0. The van der Waals surface area contributed by atoms with Crippen LogP contribution >= 0.6 is 0 Å². The summed E-state index contributed by atoms with van der Waals surface area (Å²) in [7, 11) is -4.02. The van der Waals surface area contributed by atoms with Crippen molar-refractivity contribution in [2.45, 2.75) is 63.8 Å². The average molecular weight is 512 g/mol. The third-order valence-corrected chi connectivity index (χ3v) is 9.63. The van der Waals surface area contributed by atoms with Gasteiger partial charge in [0.2, 0.25) is 0 Å². The molecule has 0 unspecified atom stereocenters. The van der Waals surface area contributed by atoms with Gasteiger partial charge in [0, 0.05) is 44.1 Å². The van der Waals surface area contributed by atoms with E-state index in [4.69, 9.17) is 0 Å². The number of imidazole rings is 1. The van der Waals surface area contributed by atoms with Crippen LogP contribution in [0.5, 0.6) is 0 Å². The standard InChI is InChI=1S/C24H32F3N5O2S/c25-24(26,27)20-13-31(14-20)35(33,34)30-12-19-7-3-4-8-23(19)32(15-21-11-28-17-29-21)22(16-30)10-9-18-5-1-2-6-18/h3-4,7-8,11,17-18,20,22H,1-2,5-6,9-10,12-16H2,(H,28,29)/t22-/m0/s1. The van der Waals surface area contributed by atoms with Crippen molar-refractivity contribution in [1.29, 1.82) is 0 Å². The number of rotatable bonds is 7. The number of alkyl halides is 3. The van der Waals surface area contributed by atoms with E-state index in [1.807, 2.05) is 24.3 Å². The first-order chi connectivity index (χ1) is 16.7. The summed E-state index contributed by atoms with van der Waals surface area (Å²) in [4.78, 5) is 9.54. The van der Waals surface area contributed by atoms with Crippen LogP contribution in [-0.2, 0) is 23.3 Å². The van der Waals surface area contributed by atoms with Crippen LogP contribution in [0, 0.1) is 11.8 Å². The molecule has 1 N–H and O–H groups in total. The van der Waals surface area contributed by atoms with E-state index in [-0.39, 0.29) is 19.1 Å². The third kappa shape index (κ3) is 5.22. The Labute approximate surface area is 204 Å². The molecule has 7 nitrogen and oxygen atoms in total. The van der Waals surface area contributed by atoms with Gasteiger partial charge in [0.1, 0.15) is 0 Å². The van der Waals surface area contributed by atoms with Crippen LogP contribution < -0.4 is 4.90 Å². The molecular formula is C24H32F3N5O2S. The number of halogens is 3. The molecule has 0 spiro atoms. The van der Waals surface area contributed by atoms with E-state index in [0.717, 1.165) is 34.1 Å². The van der Waals surface area contributed by atoms with Crippen LogP contribution in [0.3, 0.4) is 0 Å². The Morgan fingerprint density at radius 2 is 1.77 bits per heavy atom. The third-order valence-electron chi connectivity index (χ3n) is 7.74. The van der Waals surface area contributed by atoms with Gasteiger partial charge in [-0.25, -0.2) is 4.98 Å². The molecule has 35 heavy (non-hydrogen) atoms. The maximum atomic E-state index is 13.5. The van der Waals surface area contributed by atoms with Crippen LogP contribution in [0.4, 0.5) is 18.9 Å². The number of nitrogens with one attached hydrogen (secondary N) is 1. The van der Waals surface area contributed by atoms with Gasteiger partial charge in [0.25, 0.3) is 10.2 Å². The van der Waals surface area contributed by atoms with Crippen molar-refractivity contribution in [2.75, 3.05) is 24.5 Å². The van der Waals surface area contributed by atoms with Gasteiger partial charge >= 0.3 is 6.18 Å². The largest absolute Gasteiger partial charge is 0.394 e. The van der Waals surface area contributed by atoms with Gasteiger partial charge in [0.05, 0.1) is 24.5 Å². The number of fused-ring (bicyclic) bond motifs is 1. The minimum Gasteiger partial charge on any atom is -0.361 e. The molecule has 2 aromatic rings. The quantitative estimate of drug-likeness (QED) is 0.601. The lowest BCUT2D eigenvalue weighted by molar-refractivity contribution is -0.198. The number of aromatic nitrogens is 2. The van der Waals surface area contributed by atoms with Crippen molar-refractivity contribution in [3.05, 3.63) is 48.0 Å². The minimum atomic E-state index is -4.37. The molecule has 0 radical (unpaired) electrons. The van der Waals surface area contributed by atoms with E-state index in [2.05, 4.69) is 14.9 Å². The van der Waals surface area contributed by atoms with Gasteiger partial charge in [-0.1, -0.05) is 43.9 Å². The van der Waals surface area contributed by atoms with E-state index < -0.39 is 35.4 Å². The van der Waals surface area contributed by atoms with Gasteiger partial charge in [-0.3, -0.25) is 0 Å². The van der Waals surface area contributed by atoms with E-state index in [9.17, 15) is 21.6 Å². The molecule has 0 amide bonds. The highest BCUT2D eigenvalue weighted by Crippen LogP contribution is 2.38. The van der Waals surface area contributed by atoms with Gasteiger partial charge in [-0.2, -0.15) is 30.2 Å². The highest BCUT2D eigenvalue weighted by atomic mass is 32.2. The summed E-state index contributed by atoms with van der Waals surface area (Å²) in [5.41, 5.74) is 2.75. The molecule has 1 aliphatic carbocycles. The molecule has 1 aromatic heterocycles. The second-order valence-electron chi connectivity index (χ2n) is 10.1.